The fourth-order valence-electron chi connectivity index (χ4n) is 2.27. The maximum absolute atomic E-state index is 10.2. The normalized spacial score (nSPS) is 12.8. The average molecular weight is 347 g/mol. The molecule has 128 valence electrons. The number of aliphatic hydroxyl groups is 1. The monoisotopic (exact) mass is 346 g/mol. The summed E-state index contributed by atoms with van der Waals surface area (Å²) >= 11 is 5.92. The standard InChI is InChI=1S/C18H23ClN4O/c1-3-21-18(22-12-17(24)15-8-10-20-11-9-15)23(2)13-14-4-6-16(19)7-5-14/h4-11,17,24H,3,12-13H2,1-2H3,(H,21,22). The van der Waals surface area contributed by atoms with E-state index in [0.717, 1.165) is 28.7 Å². The van der Waals surface area contributed by atoms with Gasteiger partial charge >= 0.3 is 0 Å². The van der Waals surface area contributed by atoms with Gasteiger partial charge in [-0.3, -0.25) is 9.98 Å². The van der Waals surface area contributed by atoms with Crippen molar-refractivity contribution < 1.29 is 5.11 Å². The van der Waals surface area contributed by atoms with Gasteiger partial charge in [-0.1, -0.05) is 23.7 Å². The lowest BCUT2D eigenvalue weighted by atomic mass is 10.1. The summed E-state index contributed by atoms with van der Waals surface area (Å²) in [6.07, 6.45) is 2.69. The first-order valence-electron chi connectivity index (χ1n) is 7.92. The number of nitrogens with one attached hydrogen (secondary N) is 1. The predicted octanol–water partition coefficient (Wildman–Crippen LogP) is 2.87. The number of guanidine groups is 1. The number of aromatic nitrogens is 1. The molecule has 1 atom stereocenters. The molecule has 2 N–H and O–H groups in total. The third kappa shape index (κ3) is 5.51. The Morgan fingerprint density at radius 3 is 2.54 bits per heavy atom. The van der Waals surface area contributed by atoms with Crippen LogP contribution in [0.3, 0.4) is 0 Å². The molecule has 0 saturated heterocycles. The van der Waals surface area contributed by atoms with Crippen LogP contribution in [-0.4, -0.2) is 41.1 Å². The third-order valence-corrected chi connectivity index (χ3v) is 3.79. The van der Waals surface area contributed by atoms with E-state index in [2.05, 4.69) is 15.3 Å². The molecule has 0 amide bonds. The summed E-state index contributed by atoms with van der Waals surface area (Å²) in [7, 11) is 1.97. The van der Waals surface area contributed by atoms with Gasteiger partial charge in [-0.25, -0.2) is 0 Å². The molecule has 2 aromatic rings. The first-order chi connectivity index (χ1) is 11.6. The molecule has 0 radical (unpaired) electrons. The molecular formula is C18H23ClN4O. The van der Waals surface area contributed by atoms with E-state index in [-0.39, 0.29) is 6.54 Å². The van der Waals surface area contributed by atoms with Crippen molar-refractivity contribution in [1.82, 2.24) is 15.2 Å². The van der Waals surface area contributed by atoms with Gasteiger partial charge in [0.05, 0.1) is 12.6 Å². The zero-order valence-corrected chi connectivity index (χ0v) is 14.7. The molecule has 1 aromatic heterocycles. The quantitative estimate of drug-likeness (QED) is 0.623. The minimum absolute atomic E-state index is 0.289. The summed E-state index contributed by atoms with van der Waals surface area (Å²) in [6.45, 7) is 3.77. The van der Waals surface area contributed by atoms with Crippen LogP contribution < -0.4 is 5.32 Å². The Balaban J connectivity index is 2.02. The molecule has 0 spiro atoms. The number of aliphatic hydroxyl groups excluding tert-OH is 1. The van der Waals surface area contributed by atoms with Gasteiger partial charge in [-0.15, -0.1) is 0 Å². The van der Waals surface area contributed by atoms with E-state index in [1.807, 2.05) is 43.1 Å². The zero-order valence-electron chi connectivity index (χ0n) is 14.0. The van der Waals surface area contributed by atoms with Gasteiger partial charge < -0.3 is 15.3 Å². The Labute approximate surface area is 148 Å². The van der Waals surface area contributed by atoms with Gasteiger partial charge in [-0.2, -0.15) is 0 Å². The van der Waals surface area contributed by atoms with Crippen molar-refractivity contribution in [1.29, 1.82) is 0 Å². The van der Waals surface area contributed by atoms with Gasteiger partial charge in [0, 0.05) is 37.6 Å². The SMILES string of the molecule is CCNC(=NCC(O)c1ccncc1)N(C)Cc1ccc(Cl)cc1. The van der Waals surface area contributed by atoms with E-state index < -0.39 is 6.10 Å². The molecule has 0 aliphatic carbocycles. The molecule has 0 fully saturated rings. The Bertz CT molecular complexity index is 646. The molecule has 5 nitrogen and oxygen atoms in total. The zero-order chi connectivity index (χ0) is 17.4. The minimum atomic E-state index is -0.648. The summed E-state index contributed by atoms with van der Waals surface area (Å²) in [5, 5.41) is 14.2. The molecule has 24 heavy (non-hydrogen) atoms. The Hall–Kier alpha value is -2.11. The molecule has 1 unspecified atom stereocenters. The largest absolute Gasteiger partial charge is 0.386 e. The second-order valence-corrected chi connectivity index (χ2v) is 5.91. The first kappa shape index (κ1) is 18.2. The first-order valence-corrected chi connectivity index (χ1v) is 8.29. The van der Waals surface area contributed by atoms with E-state index in [1.165, 1.54) is 0 Å². The van der Waals surface area contributed by atoms with Crippen LogP contribution in [-0.2, 0) is 6.54 Å². The van der Waals surface area contributed by atoms with Crippen molar-refractivity contribution in [2.45, 2.75) is 19.6 Å². The Kier molecular flexibility index (Phi) is 7.03. The van der Waals surface area contributed by atoms with E-state index in [4.69, 9.17) is 11.6 Å². The summed E-state index contributed by atoms with van der Waals surface area (Å²) in [6, 6.07) is 11.3. The van der Waals surface area contributed by atoms with Crippen molar-refractivity contribution in [3.63, 3.8) is 0 Å². The number of hydrogen-bond donors (Lipinski definition) is 2. The highest BCUT2D eigenvalue weighted by Gasteiger charge is 2.10. The summed E-state index contributed by atoms with van der Waals surface area (Å²) < 4.78 is 0. The minimum Gasteiger partial charge on any atom is -0.386 e. The summed E-state index contributed by atoms with van der Waals surface area (Å²) in [5.41, 5.74) is 1.95. The fraction of sp³-hybridized carbons (Fsp3) is 0.333. The number of aliphatic imine (C=N–C) groups is 1. The molecule has 6 heteroatoms. The highest BCUT2D eigenvalue weighted by Crippen LogP contribution is 2.13. The predicted molar refractivity (Wildman–Crippen MR) is 98.1 cm³/mol. The highest BCUT2D eigenvalue weighted by atomic mass is 35.5. The van der Waals surface area contributed by atoms with E-state index >= 15 is 0 Å². The Morgan fingerprint density at radius 2 is 1.92 bits per heavy atom. The lowest BCUT2D eigenvalue weighted by Crippen LogP contribution is -2.38. The number of hydrogen-bond acceptors (Lipinski definition) is 3. The van der Waals surface area contributed by atoms with E-state index in [9.17, 15) is 5.11 Å². The van der Waals surface area contributed by atoms with Crippen LogP contribution in [0.15, 0.2) is 53.8 Å². The van der Waals surface area contributed by atoms with Gasteiger partial charge in [-0.05, 0) is 42.3 Å². The topological polar surface area (TPSA) is 60.8 Å². The highest BCUT2D eigenvalue weighted by molar-refractivity contribution is 6.30. The molecule has 1 heterocycles. The van der Waals surface area contributed by atoms with Crippen molar-refractivity contribution >= 4 is 17.6 Å². The molecule has 1 aromatic carbocycles. The number of pyridine rings is 1. The average Bonchev–Trinajstić information content (AvgIpc) is 2.61. The number of nitrogens with zero attached hydrogens (tertiary/aromatic N) is 3. The maximum Gasteiger partial charge on any atom is 0.194 e. The summed E-state index contributed by atoms with van der Waals surface area (Å²) in [4.78, 5) is 10.5. The van der Waals surface area contributed by atoms with Gasteiger partial charge in [0.2, 0.25) is 0 Å². The lowest BCUT2D eigenvalue weighted by molar-refractivity contribution is 0.186. The smallest absolute Gasteiger partial charge is 0.194 e. The molecular weight excluding hydrogens is 324 g/mol. The van der Waals surface area contributed by atoms with Crippen LogP contribution in [0.25, 0.3) is 0 Å². The van der Waals surface area contributed by atoms with Gasteiger partial charge in [0.25, 0.3) is 0 Å². The van der Waals surface area contributed by atoms with E-state index in [0.29, 0.717) is 6.54 Å². The summed E-state index contributed by atoms with van der Waals surface area (Å²) in [5.74, 6) is 0.751. The third-order valence-electron chi connectivity index (χ3n) is 3.53. The van der Waals surface area contributed by atoms with Crippen molar-refractivity contribution in [3.05, 3.63) is 64.9 Å². The second kappa shape index (κ2) is 9.25. The van der Waals surface area contributed by atoms with Crippen LogP contribution in [0, 0.1) is 0 Å². The van der Waals surface area contributed by atoms with Gasteiger partial charge in [0.15, 0.2) is 5.96 Å². The molecule has 0 bridgehead atoms. The Morgan fingerprint density at radius 1 is 1.25 bits per heavy atom. The fourth-order valence-corrected chi connectivity index (χ4v) is 2.40. The van der Waals surface area contributed by atoms with Crippen LogP contribution >= 0.6 is 11.6 Å². The molecule has 2 rings (SSSR count). The van der Waals surface area contributed by atoms with Crippen molar-refractivity contribution in [2.75, 3.05) is 20.1 Å². The van der Waals surface area contributed by atoms with Crippen LogP contribution in [0.1, 0.15) is 24.2 Å². The van der Waals surface area contributed by atoms with Crippen LogP contribution in [0.2, 0.25) is 5.02 Å². The van der Waals surface area contributed by atoms with E-state index in [1.54, 1.807) is 24.5 Å². The molecule has 0 saturated carbocycles. The number of benzene rings is 1. The molecule has 0 aliphatic rings. The van der Waals surface area contributed by atoms with Crippen molar-refractivity contribution in [2.24, 2.45) is 4.99 Å². The van der Waals surface area contributed by atoms with Crippen molar-refractivity contribution in [3.8, 4) is 0 Å². The van der Waals surface area contributed by atoms with Crippen LogP contribution in [0.4, 0.5) is 0 Å². The van der Waals surface area contributed by atoms with Crippen LogP contribution in [0.5, 0.6) is 0 Å². The number of halogens is 1. The lowest BCUT2D eigenvalue weighted by Gasteiger charge is -2.22. The second-order valence-electron chi connectivity index (χ2n) is 5.47. The molecule has 0 aliphatic heterocycles. The van der Waals surface area contributed by atoms with Gasteiger partial charge in [0.1, 0.15) is 0 Å². The number of rotatable bonds is 6. The maximum atomic E-state index is 10.2.